The fourth-order valence-corrected chi connectivity index (χ4v) is 2.28. The van der Waals surface area contributed by atoms with Gasteiger partial charge in [0, 0.05) is 5.56 Å². The molecule has 0 aliphatic heterocycles. The molecular formula is C15H12N4O3S. The maximum atomic E-state index is 12.0. The van der Waals surface area contributed by atoms with E-state index in [2.05, 4.69) is 9.97 Å². The molecular weight excluding hydrogens is 316 g/mol. The van der Waals surface area contributed by atoms with Gasteiger partial charge in [-0.05, 0) is 24.5 Å². The SMILES string of the molecule is COc1cc(-c2nc(SC)[nH]c(=O)c2C#N)ccc1OCC#N. The molecule has 1 N–H and O–H groups in total. The number of aromatic amines is 1. The van der Waals surface area contributed by atoms with Crippen LogP contribution in [0, 0.1) is 22.7 Å². The van der Waals surface area contributed by atoms with Crippen LogP contribution in [0.2, 0.25) is 0 Å². The normalized spacial score (nSPS) is 9.74. The zero-order valence-electron chi connectivity index (χ0n) is 12.4. The molecule has 0 amide bonds. The first-order chi connectivity index (χ1) is 11.1. The van der Waals surface area contributed by atoms with Crippen molar-refractivity contribution >= 4 is 11.8 Å². The van der Waals surface area contributed by atoms with E-state index >= 15 is 0 Å². The Morgan fingerprint density at radius 2 is 2.13 bits per heavy atom. The van der Waals surface area contributed by atoms with Gasteiger partial charge in [0.15, 0.2) is 23.3 Å². The summed E-state index contributed by atoms with van der Waals surface area (Å²) in [5, 5.41) is 18.2. The Kier molecular flexibility index (Phi) is 5.23. The van der Waals surface area contributed by atoms with Crippen LogP contribution in [0.25, 0.3) is 11.3 Å². The van der Waals surface area contributed by atoms with Gasteiger partial charge in [-0.3, -0.25) is 4.79 Å². The van der Waals surface area contributed by atoms with Gasteiger partial charge in [-0.15, -0.1) is 0 Å². The van der Waals surface area contributed by atoms with Crippen molar-refractivity contribution < 1.29 is 9.47 Å². The average Bonchev–Trinajstić information content (AvgIpc) is 2.58. The summed E-state index contributed by atoms with van der Waals surface area (Å²) in [6.07, 6.45) is 1.77. The maximum absolute atomic E-state index is 12.0. The lowest BCUT2D eigenvalue weighted by atomic mass is 10.1. The van der Waals surface area contributed by atoms with Crippen LogP contribution in [0.15, 0.2) is 28.2 Å². The molecule has 0 atom stereocenters. The van der Waals surface area contributed by atoms with Gasteiger partial charge in [0.25, 0.3) is 5.56 Å². The highest BCUT2D eigenvalue weighted by Crippen LogP contribution is 2.32. The van der Waals surface area contributed by atoms with Gasteiger partial charge in [0.2, 0.25) is 0 Å². The van der Waals surface area contributed by atoms with Crippen LogP contribution in [0.5, 0.6) is 11.5 Å². The van der Waals surface area contributed by atoms with Crippen molar-refractivity contribution in [1.29, 1.82) is 10.5 Å². The Labute approximate surface area is 136 Å². The van der Waals surface area contributed by atoms with E-state index in [0.717, 1.165) is 0 Å². The molecule has 0 unspecified atom stereocenters. The second-order valence-electron chi connectivity index (χ2n) is 4.22. The van der Waals surface area contributed by atoms with Gasteiger partial charge in [-0.25, -0.2) is 4.98 Å². The van der Waals surface area contributed by atoms with E-state index in [0.29, 0.717) is 22.2 Å². The zero-order chi connectivity index (χ0) is 16.8. The molecule has 0 saturated heterocycles. The molecule has 0 fully saturated rings. The number of thioether (sulfide) groups is 1. The first-order valence-electron chi connectivity index (χ1n) is 6.41. The van der Waals surface area contributed by atoms with E-state index in [4.69, 9.17) is 14.7 Å². The molecule has 1 heterocycles. The van der Waals surface area contributed by atoms with Crippen LogP contribution in [-0.4, -0.2) is 29.9 Å². The first-order valence-corrected chi connectivity index (χ1v) is 7.63. The zero-order valence-corrected chi connectivity index (χ0v) is 13.2. The van der Waals surface area contributed by atoms with E-state index in [1.165, 1.54) is 18.9 Å². The van der Waals surface area contributed by atoms with Crippen LogP contribution in [-0.2, 0) is 0 Å². The predicted molar refractivity (Wildman–Crippen MR) is 84.4 cm³/mol. The summed E-state index contributed by atoms with van der Waals surface area (Å²) < 4.78 is 10.5. The fraction of sp³-hybridized carbons (Fsp3) is 0.200. The molecule has 0 bridgehead atoms. The van der Waals surface area contributed by atoms with E-state index in [1.807, 2.05) is 12.1 Å². The molecule has 2 aromatic rings. The highest BCUT2D eigenvalue weighted by Gasteiger charge is 2.15. The Morgan fingerprint density at radius 1 is 1.35 bits per heavy atom. The summed E-state index contributed by atoms with van der Waals surface area (Å²) in [4.78, 5) is 18.8. The highest BCUT2D eigenvalue weighted by molar-refractivity contribution is 7.98. The number of aromatic nitrogens is 2. The molecule has 0 aliphatic rings. The van der Waals surface area contributed by atoms with E-state index in [9.17, 15) is 10.1 Å². The maximum Gasteiger partial charge on any atom is 0.270 e. The molecule has 1 aromatic carbocycles. The number of nitriles is 2. The van der Waals surface area contributed by atoms with Gasteiger partial charge in [-0.2, -0.15) is 10.5 Å². The van der Waals surface area contributed by atoms with Gasteiger partial charge in [0.05, 0.1) is 12.8 Å². The second-order valence-corrected chi connectivity index (χ2v) is 5.02. The van der Waals surface area contributed by atoms with Gasteiger partial charge >= 0.3 is 0 Å². The summed E-state index contributed by atoms with van der Waals surface area (Å²) in [5.74, 6) is 0.778. The Balaban J connectivity index is 2.59. The number of nitrogens with zero attached hydrogens (tertiary/aromatic N) is 3. The second kappa shape index (κ2) is 7.34. The minimum atomic E-state index is -0.495. The van der Waals surface area contributed by atoms with E-state index in [-0.39, 0.29) is 17.9 Å². The average molecular weight is 328 g/mol. The molecule has 0 aliphatic carbocycles. The van der Waals surface area contributed by atoms with Crippen molar-refractivity contribution in [2.24, 2.45) is 0 Å². The summed E-state index contributed by atoms with van der Waals surface area (Å²) in [6.45, 7) is -0.112. The third-order valence-corrected chi connectivity index (χ3v) is 3.51. The number of nitrogens with one attached hydrogen (secondary N) is 1. The lowest BCUT2D eigenvalue weighted by Gasteiger charge is -2.11. The Hall–Kier alpha value is -2.97. The monoisotopic (exact) mass is 328 g/mol. The first kappa shape index (κ1) is 16.4. The summed E-state index contributed by atoms with van der Waals surface area (Å²) in [5.41, 5.74) is 0.246. The van der Waals surface area contributed by atoms with Crippen molar-refractivity contribution in [3.63, 3.8) is 0 Å². The van der Waals surface area contributed by atoms with Crippen molar-refractivity contribution in [3.05, 3.63) is 34.1 Å². The number of benzene rings is 1. The van der Waals surface area contributed by atoms with Gasteiger partial charge in [-0.1, -0.05) is 11.8 Å². The third-order valence-electron chi connectivity index (χ3n) is 2.93. The molecule has 0 radical (unpaired) electrons. The molecule has 0 spiro atoms. The minimum absolute atomic E-state index is 0.0736. The van der Waals surface area contributed by atoms with Crippen LogP contribution in [0.1, 0.15) is 5.56 Å². The molecule has 8 heteroatoms. The fourth-order valence-electron chi connectivity index (χ4n) is 1.91. The highest BCUT2D eigenvalue weighted by atomic mass is 32.2. The number of methoxy groups -OCH3 is 1. The smallest absolute Gasteiger partial charge is 0.270 e. The molecule has 116 valence electrons. The molecule has 7 nitrogen and oxygen atoms in total. The predicted octanol–water partition coefficient (Wildman–Crippen LogP) is 1.94. The van der Waals surface area contributed by atoms with Crippen LogP contribution >= 0.6 is 11.8 Å². The summed E-state index contributed by atoms with van der Waals surface area (Å²) >= 11 is 1.27. The number of hydrogen-bond acceptors (Lipinski definition) is 7. The molecule has 23 heavy (non-hydrogen) atoms. The lowest BCUT2D eigenvalue weighted by Crippen LogP contribution is -2.14. The van der Waals surface area contributed by atoms with E-state index < -0.39 is 5.56 Å². The molecule has 1 aromatic heterocycles. The Morgan fingerprint density at radius 3 is 2.74 bits per heavy atom. The van der Waals surface area contributed by atoms with E-state index in [1.54, 1.807) is 24.5 Å². The van der Waals surface area contributed by atoms with Crippen molar-refractivity contribution in [1.82, 2.24) is 9.97 Å². The van der Waals surface area contributed by atoms with Crippen LogP contribution < -0.4 is 15.0 Å². The van der Waals surface area contributed by atoms with Crippen molar-refractivity contribution in [2.45, 2.75) is 5.16 Å². The number of ether oxygens (including phenoxy) is 2. The quantitative estimate of drug-likeness (QED) is 0.659. The standard InChI is InChI=1S/C15H12N4O3S/c1-21-12-7-9(3-4-11(12)22-6-5-16)13-10(8-17)14(20)19-15(18-13)23-2/h3-4,7H,6H2,1-2H3,(H,18,19,20). The van der Waals surface area contributed by atoms with Crippen LogP contribution in [0.3, 0.4) is 0 Å². The number of hydrogen-bond donors (Lipinski definition) is 1. The number of rotatable bonds is 5. The summed E-state index contributed by atoms with van der Waals surface area (Å²) in [6, 6.07) is 8.61. The van der Waals surface area contributed by atoms with Gasteiger partial charge in [0.1, 0.15) is 17.7 Å². The van der Waals surface area contributed by atoms with Gasteiger partial charge < -0.3 is 14.5 Å². The third kappa shape index (κ3) is 3.44. The van der Waals surface area contributed by atoms with Crippen molar-refractivity contribution in [2.75, 3.05) is 20.0 Å². The number of H-pyrrole nitrogens is 1. The molecule has 0 saturated carbocycles. The summed E-state index contributed by atoms with van der Waals surface area (Å²) in [7, 11) is 1.46. The van der Waals surface area contributed by atoms with Crippen LogP contribution in [0.4, 0.5) is 0 Å². The molecule has 2 rings (SSSR count). The lowest BCUT2D eigenvalue weighted by molar-refractivity contribution is 0.330. The topological polar surface area (TPSA) is 112 Å². The largest absolute Gasteiger partial charge is 0.493 e. The van der Waals surface area contributed by atoms with Crippen molar-refractivity contribution in [3.8, 4) is 34.9 Å². The minimum Gasteiger partial charge on any atom is -0.493 e. The Bertz CT molecular complexity index is 864.